The van der Waals surface area contributed by atoms with E-state index < -0.39 is 0 Å². The Morgan fingerprint density at radius 1 is 1.33 bits per heavy atom. The monoisotopic (exact) mass is 328 g/mol. The molecule has 0 aliphatic carbocycles. The molecule has 1 saturated heterocycles. The molecule has 3 rings (SSSR count). The molecule has 0 radical (unpaired) electrons. The third-order valence-electron chi connectivity index (χ3n) is 4.45. The standard InChI is InChI=1S/C18H24N4O2/c1-14-19-17(24-20-14)13-21(2)18(23)16-10-6-7-11-22(16)12-15-8-4-3-5-9-15/h3-5,8-9,16H,6-7,10-13H2,1-2H3. The second kappa shape index (κ2) is 7.57. The predicted molar refractivity (Wildman–Crippen MR) is 90.0 cm³/mol. The lowest BCUT2D eigenvalue weighted by molar-refractivity contribution is -0.138. The summed E-state index contributed by atoms with van der Waals surface area (Å²) in [7, 11) is 1.80. The fourth-order valence-corrected chi connectivity index (χ4v) is 3.22. The fraction of sp³-hybridized carbons (Fsp3) is 0.500. The van der Waals surface area contributed by atoms with Crippen LogP contribution in [0.25, 0.3) is 0 Å². The van der Waals surface area contributed by atoms with Crippen molar-refractivity contribution in [2.75, 3.05) is 13.6 Å². The van der Waals surface area contributed by atoms with Gasteiger partial charge in [-0.2, -0.15) is 4.98 Å². The first kappa shape index (κ1) is 16.6. The van der Waals surface area contributed by atoms with Gasteiger partial charge in [0.05, 0.1) is 12.6 Å². The van der Waals surface area contributed by atoms with Gasteiger partial charge >= 0.3 is 0 Å². The number of aryl methyl sites for hydroxylation is 1. The van der Waals surface area contributed by atoms with Gasteiger partial charge in [-0.25, -0.2) is 0 Å². The van der Waals surface area contributed by atoms with Crippen molar-refractivity contribution >= 4 is 5.91 Å². The molecule has 2 aromatic rings. The van der Waals surface area contributed by atoms with Gasteiger partial charge in [-0.05, 0) is 31.9 Å². The molecule has 1 aliphatic rings. The van der Waals surface area contributed by atoms with Crippen molar-refractivity contribution in [3.8, 4) is 0 Å². The van der Waals surface area contributed by atoms with E-state index in [0.29, 0.717) is 18.3 Å². The summed E-state index contributed by atoms with van der Waals surface area (Å²) < 4.78 is 5.13. The van der Waals surface area contributed by atoms with Crippen LogP contribution in [0, 0.1) is 6.92 Å². The van der Waals surface area contributed by atoms with Gasteiger partial charge in [-0.3, -0.25) is 9.69 Å². The highest BCUT2D eigenvalue weighted by Gasteiger charge is 2.31. The first-order valence-electron chi connectivity index (χ1n) is 8.45. The number of carbonyl (C=O) groups excluding carboxylic acids is 1. The zero-order valence-corrected chi connectivity index (χ0v) is 14.3. The number of amides is 1. The number of likely N-dealkylation sites (N-methyl/N-ethyl adjacent to an activating group) is 1. The summed E-state index contributed by atoms with van der Waals surface area (Å²) in [6, 6.07) is 10.2. The molecule has 1 unspecified atom stereocenters. The zero-order valence-electron chi connectivity index (χ0n) is 14.3. The highest BCUT2D eigenvalue weighted by Crippen LogP contribution is 2.21. The molecular weight excluding hydrogens is 304 g/mol. The molecule has 128 valence electrons. The molecular formula is C18H24N4O2. The van der Waals surface area contributed by atoms with Crippen molar-refractivity contribution in [3.63, 3.8) is 0 Å². The van der Waals surface area contributed by atoms with Crippen LogP contribution in [0.4, 0.5) is 0 Å². The Morgan fingerprint density at radius 2 is 2.12 bits per heavy atom. The highest BCUT2D eigenvalue weighted by atomic mass is 16.5. The first-order chi connectivity index (χ1) is 11.6. The normalized spacial score (nSPS) is 18.5. The molecule has 6 heteroatoms. The van der Waals surface area contributed by atoms with Gasteiger partial charge in [0.25, 0.3) is 0 Å². The van der Waals surface area contributed by atoms with Gasteiger partial charge in [0.2, 0.25) is 11.8 Å². The molecule has 2 heterocycles. The number of rotatable bonds is 5. The lowest BCUT2D eigenvalue weighted by atomic mass is 10.00. The van der Waals surface area contributed by atoms with Crippen molar-refractivity contribution in [1.29, 1.82) is 0 Å². The minimum Gasteiger partial charge on any atom is -0.337 e. The van der Waals surface area contributed by atoms with Crippen LogP contribution in [0.2, 0.25) is 0 Å². The average molecular weight is 328 g/mol. The molecule has 1 atom stereocenters. The molecule has 0 N–H and O–H groups in total. The Balaban J connectivity index is 1.66. The molecule has 0 saturated carbocycles. The zero-order chi connectivity index (χ0) is 16.9. The van der Waals surface area contributed by atoms with Crippen LogP contribution < -0.4 is 0 Å². The molecule has 0 bridgehead atoms. The number of hydrogen-bond donors (Lipinski definition) is 0. The van der Waals surface area contributed by atoms with Crippen LogP contribution in [-0.4, -0.2) is 45.5 Å². The molecule has 0 spiro atoms. The second-order valence-corrected chi connectivity index (χ2v) is 6.40. The molecule has 6 nitrogen and oxygen atoms in total. The number of piperidine rings is 1. The van der Waals surface area contributed by atoms with E-state index in [2.05, 4.69) is 27.2 Å². The van der Waals surface area contributed by atoms with E-state index in [1.54, 1.807) is 18.9 Å². The average Bonchev–Trinajstić information content (AvgIpc) is 3.00. The predicted octanol–water partition coefficient (Wildman–Crippen LogP) is 2.39. The Kier molecular flexibility index (Phi) is 5.25. The van der Waals surface area contributed by atoms with Gasteiger partial charge in [-0.1, -0.05) is 41.9 Å². The van der Waals surface area contributed by atoms with Crippen molar-refractivity contribution in [3.05, 3.63) is 47.6 Å². The molecule has 24 heavy (non-hydrogen) atoms. The topological polar surface area (TPSA) is 62.5 Å². The number of benzene rings is 1. The van der Waals surface area contributed by atoms with Crippen molar-refractivity contribution < 1.29 is 9.32 Å². The third kappa shape index (κ3) is 4.00. The number of aromatic nitrogens is 2. The van der Waals surface area contributed by atoms with E-state index >= 15 is 0 Å². The summed E-state index contributed by atoms with van der Waals surface area (Å²) in [5.74, 6) is 1.20. The Labute approximate surface area is 142 Å². The third-order valence-corrected chi connectivity index (χ3v) is 4.45. The van der Waals surface area contributed by atoms with Crippen molar-refractivity contribution in [2.24, 2.45) is 0 Å². The summed E-state index contributed by atoms with van der Waals surface area (Å²) >= 11 is 0. The maximum atomic E-state index is 12.9. The lowest BCUT2D eigenvalue weighted by Gasteiger charge is -2.36. The minimum absolute atomic E-state index is 0.0759. The molecule has 1 amide bonds. The Hall–Kier alpha value is -2.21. The van der Waals surface area contributed by atoms with Crippen LogP contribution in [-0.2, 0) is 17.9 Å². The first-order valence-corrected chi connectivity index (χ1v) is 8.45. The van der Waals surface area contributed by atoms with Crippen LogP contribution in [0.5, 0.6) is 0 Å². The molecule has 1 aromatic carbocycles. The van der Waals surface area contributed by atoms with Gasteiger partial charge in [-0.15, -0.1) is 0 Å². The van der Waals surface area contributed by atoms with E-state index in [1.807, 2.05) is 18.2 Å². The van der Waals surface area contributed by atoms with E-state index in [9.17, 15) is 4.79 Å². The SMILES string of the molecule is Cc1noc(CN(C)C(=O)C2CCCCN2Cc2ccccc2)n1. The van der Waals surface area contributed by atoms with E-state index in [1.165, 1.54) is 5.56 Å². The number of likely N-dealkylation sites (tertiary alicyclic amines) is 1. The lowest BCUT2D eigenvalue weighted by Crippen LogP contribution is -2.49. The minimum atomic E-state index is -0.0759. The highest BCUT2D eigenvalue weighted by molar-refractivity contribution is 5.81. The Morgan fingerprint density at radius 3 is 2.83 bits per heavy atom. The fourth-order valence-electron chi connectivity index (χ4n) is 3.22. The summed E-state index contributed by atoms with van der Waals surface area (Å²) in [6.07, 6.45) is 3.14. The van der Waals surface area contributed by atoms with Crippen molar-refractivity contribution in [1.82, 2.24) is 19.9 Å². The van der Waals surface area contributed by atoms with Crippen LogP contribution in [0.1, 0.15) is 36.5 Å². The largest absolute Gasteiger partial charge is 0.337 e. The smallest absolute Gasteiger partial charge is 0.246 e. The van der Waals surface area contributed by atoms with Gasteiger partial charge in [0.15, 0.2) is 5.82 Å². The van der Waals surface area contributed by atoms with Crippen LogP contribution in [0.3, 0.4) is 0 Å². The van der Waals surface area contributed by atoms with Gasteiger partial charge in [0, 0.05) is 13.6 Å². The molecule has 1 fully saturated rings. The van der Waals surface area contributed by atoms with E-state index in [4.69, 9.17) is 4.52 Å². The van der Waals surface area contributed by atoms with Gasteiger partial charge < -0.3 is 9.42 Å². The van der Waals surface area contributed by atoms with E-state index in [-0.39, 0.29) is 11.9 Å². The number of hydrogen-bond acceptors (Lipinski definition) is 5. The summed E-state index contributed by atoms with van der Waals surface area (Å²) in [4.78, 5) is 21.1. The molecule has 1 aliphatic heterocycles. The van der Waals surface area contributed by atoms with E-state index in [0.717, 1.165) is 32.4 Å². The maximum Gasteiger partial charge on any atom is 0.246 e. The second-order valence-electron chi connectivity index (χ2n) is 6.40. The number of nitrogens with zero attached hydrogens (tertiary/aromatic N) is 4. The molecule has 1 aromatic heterocycles. The number of carbonyl (C=O) groups is 1. The summed E-state index contributed by atoms with van der Waals surface area (Å²) in [5.41, 5.74) is 1.24. The summed E-state index contributed by atoms with van der Waals surface area (Å²) in [6.45, 7) is 3.90. The Bertz CT molecular complexity index is 671. The van der Waals surface area contributed by atoms with Crippen molar-refractivity contribution in [2.45, 2.75) is 45.3 Å². The quantitative estimate of drug-likeness (QED) is 0.843. The van der Waals surface area contributed by atoms with Gasteiger partial charge in [0.1, 0.15) is 0 Å². The summed E-state index contributed by atoms with van der Waals surface area (Å²) in [5, 5.41) is 3.78. The maximum absolute atomic E-state index is 12.9. The van der Waals surface area contributed by atoms with Crippen LogP contribution >= 0.6 is 0 Å². The van der Waals surface area contributed by atoms with Crippen LogP contribution in [0.15, 0.2) is 34.9 Å².